The van der Waals surface area contributed by atoms with Gasteiger partial charge in [0.15, 0.2) is 0 Å². The third-order valence-electron chi connectivity index (χ3n) is 6.15. The third-order valence-corrected chi connectivity index (χ3v) is 8.06. The summed E-state index contributed by atoms with van der Waals surface area (Å²) >= 11 is 0. The molecule has 0 radical (unpaired) electrons. The topological polar surface area (TPSA) is 84.3 Å². The van der Waals surface area contributed by atoms with Crippen LogP contribution in [0.3, 0.4) is 0 Å². The fraction of sp³-hybridized carbons (Fsp3) is 0.310. The Labute approximate surface area is 219 Å². The molecule has 37 heavy (non-hydrogen) atoms. The van der Waals surface area contributed by atoms with Gasteiger partial charge in [-0.05, 0) is 42.5 Å². The van der Waals surface area contributed by atoms with Gasteiger partial charge in [0.2, 0.25) is 15.9 Å². The van der Waals surface area contributed by atoms with E-state index in [0.717, 1.165) is 22.3 Å². The summed E-state index contributed by atoms with van der Waals surface area (Å²) in [6, 6.07) is 22.3. The van der Waals surface area contributed by atoms with Crippen molar-refractivity contribution in [2.24, 2.45) is 0 Å². The highest BCUT2D eigenvalue weighted by Crippen LogP contribution is 2.28. The predicted octanol–water partition coefficient (Wildman–Crippen LogP) is 5.67. The fourth-order valence-corrected chi connectivity index (χ4v) is 5.93. The Morgan fingerprint density at radius 2 is 1.70 bits per heavy atom. The number of anilines is 1. The molecule has 0 fully saturated rings. The average molecular weight is 519 g/mol. The van der Waals surface area contributed by atoms with Gasteiger partial charge in [-0.1, -0.05) is 76.2 Å². The number of aryl methyl sites for hydroxylation is 1. The molecule has 3 aromatic carbocycles. The van der Waals surface area contributed by atoms with Gasteiger partial charge < -0.3 is 5.32 Å². The molecule has 1 aromatic heterocycles. The first-order valence-corrected chi connectivity index (χ1v) is 13.9. The minimum Gasteiger partial charge on any atom is -0.309 e. The molecule has 1 heterocycles. The van der Waals surface area contributed by atoms with E-state index in [4.69, 9.17) is 5.10 Å². The van der Waals surface area contributed by atoms with Crippen LogP contribution in [0, 0.1) is 6.92 Å². The summed E-state index contributed by atoms with van der Waals surface area (Å²) in [5.74, 6) is 0.0751. The number of nitrogens with one attached hydrogen (secondary N) is 1. The molecular formula is C29H34N4O3S. The zero-order valence-electron chi connectivity index (χ0n) is 22.0. The molecule has 0 aliphatic carbocycles. The Kier molecular flexibility index (Phi) is 7.52. The highest BCUT2D eigenvalue weighted by molar-refractivity contribution is 7.89. The van der Waals surface area contributed by atoms with E-state index >= 15 is 0 Å². The Morgan fingerprint density at radius 3 is 2.41 bits per heavy atom. The molecule has 1 amide bonds. The molecule has 0 spiro atoms. The van der Waals surface area contributed by atoms with E-state index in [0.29, 0.717) is 17.6 Å². The molecule has 0 atom stereocenters. The lowest BCUT2D eigenvalue weighted by molar-refractivity contribution is -0.116. The summed E-state index contributed by atoms with van der Waals surface area (Å²) in [5.41, 5.74) is 2.47. The SMILES string of the molecule is CCCN(CC(=O)Nc1cc(C(C)(C)C)nn1-c1cccc(C)c1)S(=O)(=O)c1cccc2ccccc12. The molecule has 0 bridgehead atoms. The van der Waals surface area contributed by atoms with Gasteiger partial charge in [0.1, 0.15) is 5.82 Å². The van der Waals surface area contributed by atoms with Crippen molar-refractivity contribution >= 4 is 32.5 Å². The zero-order chi connectivity index (χ0) is 26.8. The Balaban J connectivity index is 1.66. The molecule has 1 N–H and O–H groups in total. The summed E-state index contributed by atoms with van der Waals surface area (Å²) in [7, 11) is -3.91. The number of carbonyl (C=O) groups excluding carboxylic acids is 1. The monoisotopic (exact) mass is 518 g/mol. The van der Waals surface area contributed by atoms with E-state index in [2.05, 4.69) is 26.1 Å². The molecule has 4 rings (SSSR count). The molecule has 0 aliphatic rings. The van der Waals surface area contributed by atoms with Gasteiger partial charge in [-0.3, -0.25) is 4.79 Å². The van der Waals surface area contributed by atoms with Crippen LogP contribution in [-0.4, -0.2) is 41.5 Å². The standard InChI is InChI=1S/C29H34N4O3S/c1-6-17-32(37(35,36)25-16-10-13-22-12-7-8-15-24(22)25)20-28(34)30-27-19-26(29(3,4)5)31-33(27)23-14-9-11-21(2)18-23/h7-16,18-19H,6,17,20H2,1-5H3,(H,30,34). The van der Waals surface area contributed by atoms with Crippen LogP contribution in [-0.2, 0) is 20.2 Å². The summed E-state index contributed by atoms with van der Waals surface area (Å²) in [6.07, 6.45) is 0.576. The Bertz CT molecular complexity index is 1530. The molecule has 0 saturated carbocycles. The van der Waals surface area contributed by atoms with Crippen molar-refractivity contribution in [3.63, 3.8) is 0 Å². The normalized spacial score (nSPS) is 12.3. The van der Waals surface area contributed by atoms with Gasteiger partial charge in [-0.25, -0.2) is 13.1 Å². The lowest BCUT2D eigenvalue weighted by Crippen LogP contribution is -2.38. The highest BCUT2D eigenvalue weighted by Gasteiger charge is 2.28. The Hall–Kier alpha value is -3.49. The molecule has 194 valence electrons. The van der Waals surface area contributed by atoms with Crippen LogP contribution in [0.4, 0.5) is 5.82 Å². The summed E-state index contributed by atoms with van der Waals surface area (Å²) < 4.78 is 30.4. The lowest BCUT2D eigenvalue weighted by atomic mass is 9.92. The van der Waals surface area contributed by atoms with E-state index in [-0.39, 0.29) is 23.4 Å². The maximum Gasteiger partial charge on any atom is 0.244 e. The van der Waals surface area contributed by atoms with Crippen LogP contribution in [0.1, 0.15) is 45.4 Å². The van der Waals surface area contributed by atoms with E-state index in [1.807, 2.05) is 68.4 Å². The quantitative estimate of drug-likeness (QED) is 0.326. The summed E-state index contributed by atoms with van der Waals surface area (Å²) in [5, 5.41) is 9.16. The minimum absolute atomic E-state index is 0.201. The summed E-state index contributed by atoms with van der Waals surface area (Å²) in [6.45, 7) is 9.99. The molecule has 0 aliphatic heterocycles. The van der Waals surface area contributed by atoms with Gasteiger partial charge in [0.05, 0.1) is 22.8 Å². The number of fused-ring (bicyclic) bond motifs is 1. The molecule has 0 unspecified atom stereocenters. The van der Waals surface area contributed by atoms with E-state index < -0.39 is 15.9 Å². The number of nitrogens with zero attached hydrogens (tertiary/aromatic N) is 3. The number of amides is 1. The third kappa shape index (κ3) is 5.76. The van der Waals surface area contributed by atoms with Crippen LogP contribution < -0.4 is 5.32 Å². The lowest BCUT2D eigenvalue weighted by Gasteiger charge is -2.22. The van der Waals surface area contributed by atoms with E-state index in [1.165, 1.54) is 4.31 Å². The van der Waals surface area contributed by atoms with Crippen molar-refractivity contribution in [1.82, 2.24) is 14.1 Å². The van der Waals surface area contributed by atoms with Crippen molar-refractivity contribution < 1.29 is 13.2 Å². The number of benzene rings is 3. The van der Waals surface area contributed by atoms with Crippen molar-refractivity contribution in [3.05, 3.63) is 84.1 Å². The maximum absolute atomic E-state index is 13.7. The predicted molar refractivity (Wildman–Crippen MR) is 149 cm³/mol. The van der Waals surface area contributed by atoms with Gasteiger partial charge in [-0.15, -0.1) is 0 Å². The second kappa shape index (κ2) is 10.5. The van der Waals surface area contributed by atoms with Crippen LogP contribution in [0.15, 0.2) is 77.7 Å². The zero-order valence-corrected chi connectivity index (χ0v) is 22.8. The van der Waals surface area contributed by atoms with Gasteiger partial charge >= 0.3 is 0 Å². The van der Waals surface area contributed by atoms with Crippen molar-refractivity contribution in [2.75, 3.05) is 18.4 Å². The molecule has 0 saturated heterocycles. The number of rotatable bonds is 8. The number of hydrogen-bond acceptors (Lipinski definition) is 4. The first-order valence-electron chi connectivity index (χ1n) is 12.5. The van der Waals surface area contributed by atoms with Crippen LogP contribution >= 0.6 is 0 Å². The Morgan fingerprint density at radius 1 is 1.00 bits per heavy atom. The van der Waals surface area contributed by atoms with Crippen molar-refractivity contribution in [2.45, 2.75) is 51.3 Å². The number of carbonyl (C=O) groups is 1. The van der Waals surface area contributed by atoms with Gasteiger partial charge in [0, 0.05) is 23.4 Å². The van der Waals surface area contributed by atoms with Crippen LogP contribution in [0.25, 0.3) is 16.5 Å². The number of sulfonamides is 1. The number of aromatic nitrogens is 2. The molecular weight excluding hydrogens is 484 g/mol. The second-order valence-corrected chi connectivity index (χ2v) is 12.2. The molecule has 4 aromatic rings. The first-order chi connectivity index (χ1) is 17.5. The largest absolute Gasteiger partial charge is 0.309 e. The fourth-order valence-electron chi connectivity index (χ4n) is 4.23. The smallest absolute Gasteiger partial charge is 0.244 e. The highest BCUT2D eigenvalue weighted by atomic mass is 32.2. The maximum atomic E-state index is 13.7. The van der Waals surface area contributed by atoms with Crippen LogP contribution in [0.2, 0.25) is 0 Å². The van der Waals surface area contributed by atoms with Gasteiger partial charge in [0.25, 0.3) is 0 Å². The average Bonchev–Trinajstić information content (AvgIpc) is 3.27. The minimum atomic E-state index is -3.91. The van der Waals surface area contributed by atoms with Crippen molar-refractivity contribution in [1.29, 1.82) is 0 Å². The second-order valence-electron chi connectivity index (χ2n) is 10.3. The molecule has 7 nitrogen and oxygen atoms in total. The number of hydrogen-bond donors (Lipinski definition) is 1. The summed E-state index contributed by atoms with van der Waals surface area (Å²) in [4.78, 5) is 13.5. The van der Waals surface area contributed by atoms with E-state index in [9.17, 15) is 13.2 Å². The van der Waals surface area contributed by atoms with Crippen molar-refractivity contribution in [3.8, 4) is 5.69 Å². The van der Waals surface area contributed by atoms with Crippen LogP contribution in [0.5, 0.6) is 0 Å². The molecule has 8 heteroatoms. The van der Waals surface area contributed by atoms with E-state index in [1.54, 1.807) is 22.9 Å². The first kappa shape index (κ1) is 26.6. The van der Waals surface area contributed by atoms with Gasteiger partial charge in [-0.2, -0.15) is 9.40 Å².